The second-order valence-corrected chi connectivity index (χ2v) is 4.77. The molecule has 0 saturated carbocycles. The molecule has 0 radical (unpaired) electrons. The van der Waals surface area contributed by atoms with Crippen LogP contribution in [0, 0.1) is 6.92 Å². The molecule has 5 heteroatoms. The predicted octanol–water partition coefficient (Wildman–Crippen LogP) is 2.10. The monoisotopic (exact) mass is 280 g/mol. The molecule has 1 aromatic carbocycles. The van der Waals surface area contributed by atoms with E-state index in [9.17, 15) is 4.79 Å². The molecule has 0 bridgehead atoms. The maximum atomic E-state index is 11.5. The average Bonchev–Trinajstić information content (AvgIpc) is 2.40. The molecule has 0 aliphatic carbocycles. The Morgan fingerprint density at radius 3 is 2.65 bits per heavy atom. The molecule has 0 aliphatic heterocycles. The van der Waals surface area contributed by atoms with E-state index in [-0.39, 0.29) is 12.1 Å². The smallest absolute Gasteiger partial charge is 0.315 e. The van der Waals surface area contributed by atoms with Crippen molar-refractivity contribution in [1.82, 2.24) is 10.6 Å². The molecule has 2 amide bonds. The number of carbonyl (C=O) groups is 1. The molecule has 1 aromatic rings. The standard InChI is InChI=1S/C15H24N2O3/c1-12-5-7-14(8-6-12)20-10-4-9-16-15(18)17-13(2)11-19-3/h5-8,13H,4,9-11H2,1-3H3,(H2,16,17,18). The van der Waals surface area contributed by atoms with E-state index in [1.165, 1.54) is 5.56 Å². The minimum atomic E-state index is -0.176. The van der Waals surface area contributed by atoms with Crippen molar-refractivity contribution in [3.8, 4) is 5.75 Å². The zero-order valence-corrected chi connectivity index (χ0v) is 12.4. The van der Waals surface area contributed by atoms with E-state index in [1.54, 1.807) is 7.11 Å². The Balaban J connectivity index is 2.07. The Hall–Kier alpha value is -1.75. The maximum absolute atomic E-state index is 11.5. The summed E-state index contributed by atoms with van der Waals surface area (Å²) in [6, 6.07) is 7.74. The molecule has 0 spiro atoms. The van der Waals surface area contributed by atoms with Gasteiger partial charge in [-0.15, -0.1) is 0 Å². The topological polar surface area (TPSA) is 59.6 Å². The minimum absolute atomic E-state index is 0.00353. The second-order valence-electron chi connectivity index (χ2n) is 4.77. The molecule has 1 unspecified atom stereocenters. The molecule has 1 rings (SSSR count). The first-order chi connectivity index (χ1) is 9.61. The third-order valence-electron chi connectivity index (χ3n) is 2.69. The number of nitrogens with one attached hydrogen (secondary N) is 2. The number of amides is 2. The first-order valence-corrected chi connectivity index (χ1v) is 6.84. The van der Waals surface area contributed by atoms with Crippen molar-refractivity contribution < 1.29 is 14.3 Å². The number of ether oxygens (including phenoxy) is 2. The fourth-order valence-electron chi connectivity index (χ4n) is 1.67. The molecule has 0 aromatic heterocycles. The van der Waals surface area contributed by atoms with Crippen molar-refractivity contribution in [2.24, 2.45) is 0 Å². The van der Waals surface area contributed by atoms with Gasteiger partial charge in [-0.05, 0) is 32.4 Å². The van der Waals surface area contributed by atoms with Gasteiger partial charge in [-0.1, -0.05) is 17.7 Å². The largest absolute Gasteiger partial charge is 0.494 e. The van der Waals surface area contributed by atoms with Gasteiger partial charge in [0.25, 0.3) is 0 Å². The summed E-state index contributed by atoms with van der Waals surface area (Å²) in [6.45, 7) is 5.60. The summed E-state index contributed by atoms with van der Waals surface area (Å²) in [5.74, 6) is 0.855. The molecular weight excluding hydrogens is 256 g/mol. The highest BCUT2D eigenvalue weighted by atomic mass is 16.5. The van der Waals surface area contributed by atoms with Crippen molar-refractivity contribution in [3.05, 3.63) is 29.8 Å². The fraction of sp³-hybridized carbons (Fsp3) is 0.533. The number of carbonyl (C=O) groups excluding carboxylic acids is 1. The second kappa shape index (κ2) is 9.20. The molecule has 0 heterocycles. The zero-order valence-electron chi connectivity index (χ0n) is 12.4. The lowest BCUT2D eigenvalue weighted by atomic mass is 10.2. The van der Waals surface area contributed by atoms with Crippen LogP contribution in [0.25, 0.3) is 0 Å². The highest BCUT2D eigenvalue weighted by Gasteiger charge is 2.05. The van der Waals surface area contributed by atoms with Gasteiger partial charge in [0.2, 0.25) is 0 Å². The van der Waals surface area contributed by atoms with E-state index in [0.29, 0.717) is 19.8 Å². The summed E-state index contributed by atoms with van der Waals surface area (Å²) in [4.78, 5) is 11.5. The van der Waals surface area contributed by atoms with Crippen molar-refractivity contribution in [2.45, 2.75) is 26.3 Å². The summed E-state index contributed by atoms with van der Waals surface area (Å²) in [5, 5.41) is 5.56. The number of aryl methyl sites for hydroxylation is 1. The van der Waals surface area contributed by atoms with Gasteiger partial charge >= 0.3 is 6.03 Å². The van der Waals surface area contributed by atoms with Crippen LogP contribution in [0.2, 0.25) is 0 Å². The van der Waals surface area contributed by atoms with Crippen LogP contribution in [0.3, 0.4) is 0 Å². The van der Waals surface area contributed by atoms with E-state index in [2.05, 4.69) is 10.6 Å². The molecular formula is C15H24N2O3. The van der Waals surface area contributed by atoms with Crippen LogP contribution in [0.4, 0.5) is 4.79 Å². The van der Waals surface area contributed by atoms with Crippen molar-refractivity contribution in [2.75, 3.05) is 26.9 Å². The van der Waals surface area contributed by atoms with Crippen LogP contribution in [0.5, 0.6) is 5.75 Å². The summed E-state index contributed by atoms with van der Waals surface area (Å²) < 4.78 is 10.5. The van der Waals surface area contributed by atoms with Crippen LogP contribution in [-0.4, -0.2) is 38.9 Å². The van der Waals surface area contributed by atoms with Crippen molar-refractivity contribution in [1.29, 1.82) is 0 Å². The SMILES string of the molecule is COCC(C)NC(=O)NCCCOc1ccc(C)cc1. The van der Waals surface area contributed by atoms with Crippen LogP contribution < -0.4 is 15.4 Å². The van der Waals surface area contributed by atoms with Crippen LogP contribution in [-0.2, 0) is 4.74 Å². The van der Waals surface area contributed by atoms with Crippen LogP contribution in [0.15, 0.2) is 24.3 Å². The molecule has 2 N–H and O–H groups in total. The Bertz CT molecular complexity index is 393. The van der Waals surface area contributed by atoms with E-state index in [4.69, 9.17) is 9.47 Å². The summed E-state index contributed by atoms with van der Waals surface area (Å²) in [7, 11) is 1.61. The number of urea groups is 1. The molecule has 112 valence electrons. The highest BCUT2D eigenvalue weighted by Crippen LogP contribution is 2.11. The van der Waals surface area contributed by atoms with E-state index in [0.717, 1.165) is 12.2 Å². The Morgan fingerprint density at radius 1 is 1.30 bits per heavy atom. The van der Waals surface area contributed by atoms with Gasteiger partial charge in [-0.2, -0.15) is 0 Å². The average molecular weight is 280 g/mol. The molecule has 0 aliphatic rings. The number of hydrogen-bond donors (Lipinski definition) is 2. The van der Waals surface area contributed by atoms with Crippen molar-refractivity contribution >= 4 is 6.03 Å². The third-order valence-corrected chi connectivity index (χ3v) is 2.69. The fourth-order valence-corrected chi connectivity index (χ4v) is 1.67. The summed E-state index contributed by atoms with van der Waals surface area (Å²) in [5.41, 5.74) is 1.21. The lowest BCUT2D eigenvalue weighted by molar-refractivity contribution is 0.171. The lowest BCUT2D eigenvalue weighted by Crippen LogP contribution is -2.43. The molecule has 20 heavy (non-hydrogen) atoms. The van der Waals surface area contributed by atoms with E-state index >= 15 is 0 Å². The van der Waals surface area contributed by atoms with E-state index < -0.39 is 0 Å². The zero-order chi connectivity index (χ0) is 14.8. The molecule has 5 nitrogen and oxygen atoms in total. The summed E-state index contributed by atoms with van der Waals surface area (Å²) in [6.07, 6.45) is 0.764. The van der Waals surface area contributed by atoms with Gasteiger partial charge in [0, 0.05) is 13.7 Å². The Labute approximate surface area is 120 Å². The lowest BCUT2D eigenvalue weighted by Gasteiger charge is -2.13. The minimum Gasteiger partial charge on any atom is -0.494 e. The number of benzene rings is 1. The Kier molecular flexibility index (Phi) is 7.50. The third kappa shape index (κ3) is 6.99. The van der Waals surface area contributed by atoms with Gasteiger partial charge in [-0.25, -0.2) is 4.79 Å². The van der Waals surface area contributed by atoms with E-state index in [1.807, 2.05) is 38.1 Å². The Morgan fingerprint density at radius 2 is 2.00 bits per heavy atom. The quantitative estimate of drug-likeness (QED) is 0.717. The van der Waals surface area contributed by atoms with Gasteiger partial charge in [0.15, 0.2) is 0 Å². The van der Waals surface area contributed by atoms with Gasteiger partial charge < -0.3 is 20.1 Å². The molecule has 1 atom stereocenters. The van der Waals surface area contributed by atoms with Crippen molar-refractivity contribution in [3.63, 3.8) is 0 Å². The number of methoxy groups -OCH3 is 1. The molecule has 0 fully saturated rings. The van der Waals surface area contributed by atoms with Crippen LogP contribution >= 0.6 is 0 Å². The highest BCUT2D eigenvalue weighted by molar-refractivity contribution is 5.74. The first-order valence-electron chi connectivity index (χ1n) is 6.84. The van der Waals surface area contributed by atoms with Crippen LogP contribution in [0.1, 0.15) is 18.9 Å². The van der Waals surface area contributed by atoms with Gasteiger partial charge in [-0.3, -0.25) is 0 Å². The maximum Gasteiger partial charge on any atom is 0.315 e. The number of hydrogen-bond acceptors (Lipinski definition) is 3. The van der Waals surface area contributed by atoms with Gasteiger partial charge in [0.1, 0.15) is 5.75 Å². The number of rotatable bonds is 8. The first kappa shape index (κ1) is 16.3. The predicted molar refractivity (Wildman–Crippen MR) is 79.2 cm³/mol. The van der Waals surface area contributed by atoms with Gasteiger partial charge in [0.05, 0.1) is 19.3 Å². The summed E-state index contributed by atoms with van der Waals surface area (Å²) >= 11 is 0. The normalized spacial score (nSPS) is 11.8. The molecule has 0 saturated heterocycles.